The largest absolute Gasteiger partial charge is 0.460 e. The third-order valence-electron chi connectivity index (χ3n) is 5.67. The predicted octanol–water partition coefficient (Wildman–Crippen LogP) is 0.815. The molecule has 5 rings (SSSR count). The van der Waals surface area contributed by atoms with Crippen LogP contribution in [0.15, 0.2) is 27.4 Å². The molecule has 0 bridgehead atoms. The normalized spacial score (nSPS) is 27.2. The summed E-state index contributed by atoms with van der Waals surface area (Å²) in [6, 6.07) is 4.79. The summed E-state index contributed by atoms with van der Waals surface area (Å²) < 4.78 is 27.3. The monoisotopic (exact) mass is 466 g/mol. The first-order valence-corrected chi connectivity index (χ1v) is 10.1. The standard InChI is InChI=1S/C21H19ClO10/c1-7-2-12(30-21-18(26)17(25)16(24)13(5-23)31-21)15(22)19-14(7)8-3-10-11(29-6-28-10)4-9(8)20(27)32-19/h2-4,13,16-18,21,23-26H,5-6H2,1H3/t13-,16-,17+,18-,21-/m1/s1. The Labute approximate surface area is 185 Å². The maximum absolute atomic E-state index is 12.7. The number of aliphatic hydroxyl groups excluding tert-OH is 4. The Bertz CT molecular complexity index is 1270. The first-order chi connectivity index (χ1) is 15.3. The zero-order valence-electron chi connectivity index (χ0n) is 16.6. The molecule has 0 saturated carbocycles. The van der Waals surface area contributed by atoms with Gasteiger partial charge in [-0.2, -0.15) is 0 Å². The fourth-order valence-electron chi connectivity index (χ4n) is 4.00. The molecule has 10 nitrogen and oxygen atoms in total. The number of hydrogen-bond acceptors (Lipinski definition) is 10. The lowest BCUT2D eigenvalue weighted by Gasteiger charge is -2.39. The molecule has 11 heteroatoms. The molecule has 2 aromatic carbocycles. The smallest absolute Gasteiger partial charge is 0.344 e. The van der Waals surface area contributed by atoms with Crippen molar-refractivity contribution in [2.75, 3.05) is 13.4 Å². The van der Waals surface area contributed by atoms with Crippen molar-refractivity contribution in [2.24, 2.45) is 0 Å². The van der Waals surface area contributed by atoms with E-state index in [2.05, 4.69) is 0 Å². The Morgan fingerprint density at radius 1 is 1.06 bits per heavy atom. The third-order valence-corrected chi connectivity index (χ3v) is 6.03. The average molecular weight is 467 g/mol. The first-order valence-electron chi connectivity index (χ1n) is 9.76. The van der Waals surface area contributed by atoms with E-state index in [1.165, 1.54) is 0 Å². The van der Waals surface area contributed by atoms with E-state index in [0.29, 0.717) is 33.2 Å². The predicted molar refractivity (Wildman–Crippen MR) is 110 cm³/mol. The lowest BCUT2D eigenvalue weighted by Crippen LogP contribution is -2.60. The highest BCUT2D eigenvalue weighted by Gasteiger charge is 2.45. The molecule has 0 amide bonds. The Morgan fingerprint density at radius 2 is 1.75 bits per heavy atom. The van der Waals surface area contributed by atoms with Crippen LogP contribution in [-0.4, -0.2) is 64.5 Å². The number of ether oxygens (including phenoxy) is 4. The van der Waals surface area contributed by atoms with Gasteiger partial charge in [0.25, 0.3) is 0 Å². The molecule has 170 valence electrons. The van der Waals surface area contributed by atoms with Crippen LogP contribution in [0.3, 0.4) is 0 Å². The van der Waals surface area contributed by atoms with Gasteiger partial charge in [-0.15, -0.1) is 0 Å². The van der Waals surface area contributed by atoms with Gasteiger partial charge in [0.1, 0.15) is 35.2 Å². The number of rotatable bonds is 3. The minimum atomic E-state index is -1.62. The van der Waals surface area contributed by atoms with Crippen LogP contribution in [0.5, 0.6) is 17.2 Å². The van der Waals surface area contributed by atoms with E-state index in [1.807, 2.05) is 0 Å². The van der Waals surface area contributed by atoms with Gasteiger partial charge >= 0.3 is 5.63 Å². The van der Waals surface area contributed by atoms with E-state index >= 15 is 0 Å². The third kappa shape index (κ3) is 3.19. The van der Waals surface area contributed by atoms with Crippen LogP contribution in [0.25, 0.3) is 21.7 Å². The summed E-state index contributed by atoms with van der Waals surface area (Å²) in [5.74, 6) is 0.946. The van der Waals surface area contributed by atoms with Gasteiger partial charge in [-0.3, -0.25) is 0 Å². The summed E-state index contributed by atoms with van der Waals surface area (Å²) >= 11 is 6.49. The van der Waals surface area contributed by atoms with Crippen molar-refractivity contribution >= 4 is 33.3 Å². The molecule has 5 atom stereocenters. The fourth-order valence-corrected chi connectivity index (χ4v) is 4.24. The molecule has 4 N–H and O–H groups in total. The Morgan fingerprint density at radius 3 is 2.44 bits per heavy atom. The Hall–Kier alpha value is -2.60. The topological polar surface area (TPSA) is 148 Å². The second kappa shape index (κ2) is 7.77. The highest BCUT2D eigenvalue weighted by atomic mass is 35.5. The minimum Gasteiger partial charge on any atom is -0.460 e. The quantitative estimate of drug-likeness (QED) is 0.323. The van der Waals surface area contributed by atoms with Crippen molar-refractivity contribution in [1.82, 2.24) is 0 Å². The van der Waals surface area contributed by atoms with Crippen LogP contribution < -0.4 is 19.8 Å². The van der Waals surface area contributed by atoms with Gasteiger partial charge in [0.2, 0.25) is 13.1 Å². The molecule has 2 aliphatic rings. The van der Waals surface area contributed by atoms with Gasteiger partial charge in [0, 0.05) is 10.8 Å². The molecule has 0 unspecified atom stereocenters. The van der Waals surface area contributed by atoms with E-state index < -0.39 is 42.9 Å². The highest BCUT2D eigenvalue weighted by molar-refractivity contribution is 6.37. The van der Waals surface area contributed by atoms with E-state index in [9.17, 15) is 25.2 Å². The average Bonchev–Trinajstić information content (AvgIpc) is 3.23. The molecule has 3 aromatic rings. The molecule has 2 aliphatic heterocycles. The summed E-state index contributed by atoms with van der Waals surface area (Å²) in [4.78, 5) is 12.7. The van der Waals surface area contributed by atoms with Gasteiger partial charge in [-0.25, -0.2) is 4.79 Å². The maximum atomic E-state index is 12.7. The molecule has 3 heterocycles. The molecule has 0 radical (unpaired) electrons. The van der Waals surface area contributed by atoms with Crippen LogP contribution in [-0.2, 0) is 4.74 Å². The van der Waals surface area contributed by atoms with Crippen LogP contribution in [0.2, 0.25) is 5.02 Å². The van der Waals surface area contributed by atoms with Crippen molar-refractivity contribution in [1.29, 1.82) is 0 Å². The van der Waals surface area contributed by atoms with Crippen molar-refractivity contribution in [3.63, 3.8) is 0 Å². The fraction of sp³-hybridized carbons (Fsp3) is 0.381. The minimum absolute atomic E-state index is 0.0178. The van der Waals surface area contributed by atoms with Gasteiger partial charge in [-0.1, -0.05) is 11.6 Å². The van der Waals surface area contributed by atoms with E-state index in [-0.39, 0.29) is 23.1 Å². The second-order valence-electron chi connectivity index (χ2n) is 7.67. The van der Waals surface area contributed by atoms with Crippen LogP contribution >= 0.6 is 11.6 Å². The molecule has 1 aromatic heterocycles. The number of fused-ring (bicyclic) bond motifs is 4. The lowest BCUT2D eigenvalue weighted by molar-refractivity contribution is -0.277. The van der Waals surface area contributed by atoms with Crippen molar-refractivity contribution in [2.45, 2.75) is 37.6 Å². The van der Waals surface area contributed by atoms with Crippen molar-refractivity contribution in [3.05, 3.63) is 39.2 Å². The number of aryl methyl sites for hydroxylation is 1. The number of benzene rings is 2. The molecular formula is C21H19ClO10. The summed E-state index contributed by atoms with van der Waals surface area (Å²) in [5.41, 5.74) is 0.0521. The van der Waals surface area contributed by atoms with Gasteiger partial charge in [0.05, 0.1) is 12.0 Å². The molecular weight excluding hydrogens is 448 g/mol. The van der Waals surface area contributed by atoms with Gasteiger partial charge < -0.3 is 43.8 Å². The Kier molecular flexibility index (Phi) is 5.16. The summed E-state index contributed by atoms with van der Waals surface area (Å²) in [6.07, 6.45) is -7.35. The molecule has 32 heavy (non-hydrogen) atoms. The summed E-state index contributed by atoms with van der Waals surface area (Å²) in [7, 11) is 0. The van der Waals surface area contributed by atoms with Crippen molar-refractivity contribution < 1.29 is 43.8 Å². The van der Waals surface area contributed by atoms with E-state index in [1.54, 1.807) is 25.1 Å². The second-order valence-corrected chi connectivity index (χ2v) is 8.04. The summed E-state index contributed by atoms with van der Waals surface area (Å²) in [6.45, 7) is 1.20. The summed E-state index contributed by atoms with van der Waals surface area (Å²) in [5, 5.41) is 40.9. The number of aliphatic hydroxyl groups is 4. The zero-order valence-corrected chi connectivity index (χ0v) is 17.4. The van der Waals surface area contributed by atoms with Gasteiger partial charge in [0.15, 0.2) is 17.1 Å². The molecule has 0 spiro atoms. The molecule has 0 aliphatic carbocycles. The van der Waals surface area contributed by atoms with Crippen LogP contribution in [0.4, 0.5) is 0 Å². The SMILES string of the molecule is Cc1cc(O[C@@H]2O[C@H](CO)[C@@H](O)[C@H](O)[C@H]2O)c(Cl)c2oc(=O)c3cc4c(cc3c12)OCO4. The highest BCUT2D eigenvalue weighted by Crippen LogP contribution is 2.42. The van der Waals surface area contributed by atoms with Crippen LogP contribution in [0.1, 0.15) is 5.56 Å². The molecule has 1 saturated heterocycles. The van der Waals surface area contributed by atoms with E-state index in [0.717, 1.165) is 0 Å². The Balaban J connectivity index is 1.62. The number of hydrogen-bond donors (Lipinski definition) is 4. The zero-order chi connectivity index (χ0) is 22.7. The van der Waals surface area contributed by atoms with Gasteiger partial charge in [-0.05, 0) is 30.7 Å². The van der Waals surface area contributed by atoms with Crippen LogP contribution in [0, 0.1) is 6.92 Å². The number of halogens is 1. The van der Waals surface area contributed by atoms with Crippen molar-refractivity contribution in [3.8, 4) is 17.2 Å². The molecule has 1 fully saturated rings. The lowest BCUT2D eigenvalue weighted by atomic mass is 9.99. The first kappa shape index (κ1) is 21.3. The van der Waals surface area contributed by atoms with E-state index in [4.69, 9.17) is 35.0 Å². The maximum Gasteiger partial charge on any atom is 0.344 e.